The van der Waals surface area contributed by atoms with Crippen LogP contribution in [0.5, 0.6) is 5.75 Å². The first-order chi connectivity index (χ1) is 9.26. The van der Waals surface area contributed by atoms with Gasteiger partial charge < -0.3 is 14.8 Å². The van der Waals surface area contributed by atoms with Crippen LogP contribution in [0.4, 0.5) is 5.69 Å². The van der Waals surface area contributed by atoms with E-state index in [0.29, 0.717) is 13.0 Å². The van der Waals surface area contributed by atoms with Crippen LogP contribution in [-0.2, 0) is 9.53 Å². The summed E-state index contributed by atoms with van der Waals surface area (Å²) in [4.78, 5) is 11.5. The molecule has 4 heteroatoms. The summed E-state index contributed by atoms with van der Waals surface area (Å²) in [6, 6.07) is 7.70. The minimum absolute atomic E-state index is 0.168. The Hall–Kier alpha value is -1.71. The molecule has 1 N–H and O–H groups in total. The van der Waals surface area contributed by atoms with Gasteiger partial charge in [-0.05, 0) is 58.9 Å². The number of hydrogen-bond donors (Lipinski definition) is 1. The van der Waals surface area contributed by atoms with E-state index < -0.39 is 5.60 Å². The summed E-state index contributed by atoms with van der Waals surface area (Å²) < 4.78 is 10.8. The van der Waals surface area contributed by atoms with Gasteiger partial charge >= 0.3 is 5.97 Å². The van der Waals surface area contributed by atoms with E-state index in [1.54, 1.807) is 0 Å². The second-order valence-corrected chi connectivity index (χ2v) is 5.95. The van der Waals surface area contributed by atoms with Crippen LogP contribution < -0.4 is 10.1 Å². The van der Waals surface area contributed by atoms with Crippen molar-refractivity contribution in [1.29, 1.82) is 0 Å². The normalized spacial score (nSPS) is 11.3. The molecule has 1 rings (SSSR count). The van der Waals surface area contributed by atoms with Gasteiger partial charge in [0.2, 0.25) is 0 Å². The molecule has 1 aromatic carbocycles. The topological polar surface area (TPSA) is 47.6 Å². The molecule has 4 nitrogen and oxygen atoms in total. The van der Waals surface area contributed by atoms with Crippen molar-refractivity contribution < 1.29 is 14.3 Å². The van der Waals surface area contributed by atoms with Gasteiger partial charge in [-0.2, -0.15) is 0 Å². The Morgan fingerprint density at radius 3 is 2.30 bits per heavy atom. The molecule has 0 aromatic heterocycles. The molecule has 112 valence electrons. The lowest BCUT2D eigenvalue weighted by atomic mass is 10.2. The van der Waals surface area contributed by atoms with Crippen LogP contribution in [0, 0.1) is 0 Å². The third-order valence-electron chi connectivity index (χ3n) is 2.30. The summed E-state index contributed by atoms with van der Waals surface area (Å²) in [6.45, 7) is 10.1. The fourth-order valence-corrected chi connectivity index (χ4v) is 1.62. The lowest BCUT2D eigenvalue weighted by molar-refractivity contribution is -0.154. The Bertz CT molecular complexity index is 418. The number of nitrogens with one attached hydrogen (secondary N) is 1. The summed E-state index contributed by atoms with van der Waals surface area (Å²) >= 11 is 0. The van der Waals surface area contributed by atoms with E-state index in [1.165, 1.54) is 0 Å². The number of rotatable bonds is 6. The highest BCUT2D eigenvalue weighted by molar-refractivity contribution is 5.70. The summed E-state index contributed by atoms with van der Waals surface area (Å²) in [5, 5.41) is 3.19. The highest BCUT2D eigenvalue weighted by Gasteiger charge is 2.15. The maximum Gasteiger partial charge on any atom is 0.308 e. The minimum atomic E-state index is -0.424. The van der Waals surface area contributed by atoms with E-state index in [1.807, 2.05) is 58.9 Å². The molecule has 0 fully saturated rings. The van der Waals surface area contributed by atoms with Crippen molar-refractivity contribution in [2.75, 3.05) is 11.9 Å². The average molecular weight is 279 g/mol. The van der Waals surface area contributed by atoms with Crippen molar-refractivity contribution >= 4 is 11.7 Å². The molecule has 0 unspecified atom stereocenters. The first-order valence-corrected chi connectivity index (χ1v) is 6.99. The zero-order valence-electron chi connectivity index (χ0n) is 13.0. The molecule has 0 aliphatic heterocycles. The summed E-state index contributed by atoms with van der Waals surface area (Å²) in [5.41, 5.74) is 0.539. The second kappa shape index (κ2) is 7.17. The van der Waals surface area contributed by atoms with E-state index in [0.717, 1.165) is 11.4 Å². The van der Waals surface area contributed by atoms with Crippen molar-refractivity contribution in [1.82, 2.24) is 0 Å². The first kappa shape index (κ1) is 16.3. The van der Waals surface area contributed by atoms with E-state index in [-0.39, 0.29) is 12.1 Å². The van der Waals surface area contributed by atoms with Crippen LogP contribution in [0.1, 0.15) is 41.0 Å². The quantitative estimate of drug-likeness (QED) is 0.808. The predicted octanol–water partition coefficient (Wildman–Crippen LogP) is 3.62. The number of hydrogen-bond acceptors (Lipinski definition) is 4. The fraction of sp³-hybridized carbons (Fsp3) is 0.562. The number of carbonyl (C=O) groups excluding carboxylic acids is 1. The molecule has 0 saturated heterocycles. The molecule has 1 aromatic rings. The maximum atomic E-state index is 11.5. The second-order valence-electron chi connectivity index (χ2n) is 5.95. The SMILES string of the molecule is CC(C)Oc1ccc(NCCC(=O)OC(C)(C)C)cc1. The van der Waals surface area contributed by atoms with E-state index in [2.05, 4.69) is 5.32 Å². The van der Waals surface area contributed by atoms with Gasteiger partial charge in [-0.15, -0.1) is 0 Å². The summed E-state index contributed by atoms with van der Waals surface area (Å²) in [7, 11) is 0. The zero-order chi connectivity index (χ0) is 15.2. The maximum absolute atomic E-state index is 11.5. The van der Waals surface area contributed by atoms with Crippen molar-refractivity contribution in [3.8, 4) is 5.75 Å². The molecule has 20 heavy (non-hydrogen) atoms. The third kappa shape index (κ3) is 7.02. The monoisotopic (exact) mass is 279 g/mol. The molecular formula is C16H25NO3. The van der Waals surface area contributed by atoms with Gasteiger partial charge in [0, 0.05) is 12.2 Å². The lowest BCUT2D eigenvalue weighted by Crippen LogP contribution is -2.25. The number of anilines is 1. The Morgan fingerprint density at radius 2 is 1.80 bits per heavy atom. The Balaban J connectivity index is 2.33. The molecule has 0 bridgehead atoms. The third-order valence-corrected chi connectivity index (χ3v) is 2.30. The molecule has 0 amide bonds. The largest absolute Gasteiger partial charge is 0.491 e. The van der Waals surface area contributed by atoms with E-state index >= 15 is 0 Å². The zero-order valence-corrected chi connectivity index (χ0v) is 13.0. The minimum Gasteiger partial charge on any atom is -0.491 e. The van der Waals surface area contributed by atoms with Crippen LogP contribution >= 0.6 is 0 Å². The number of carbonyl (C=O) groups is 1. The molecule has 0 heterocycles. The molecule has 0 spiro atoms. The summed E-state index contributed by atoms with van der Waals surface area (Å²) in [6.07, 6.45) is 0.516. The van der Waals surface area contributed by atoms with Gasteiger partial charge in [-0.3, -0.25) is 4.79 Å². The predicted molar refractivity (Wildman–Crippen MR) is 81.2 cm³/mol. The lowest BCUT2D eigenvalue weighted by Gasteiger charge is -2.19. The van der Waals surface area contributed by atoms with Gasteiger partial charge in [-0.25, -0.2) is 0 Å². The van der Waals surface area contributed by atoms with Crippen LogP contribution in [-0.4, -0.2) is 24.2 Å². The van der Waals surface area contributed by atoms with Crippen molar-refractivity contribution in [3.05, 3.63) is 24.3 Å². The summed E-state index contributed by atoms with van der Waals surface area (Å²) in [5.74, 6) is 0.655. The highest BCUT2D eigenvalue weighted by Crippen LogP contribution is 2.17. The van der Waals surface area contributed by atoms with E-state index in [4.69, 9.17) is 9.47 Å². The molecule has 0 atom stereocenters. The van der Waals surface area contributed by atoms with E-state index in [9.17, 15) is 4.79 Å². The number of benzene rings is 1. The van der Waals surface area contributed by atoms with Gasteiger partial charge in [-0.1, -0.05) is 0 Å². The molecule has 0 aliphatic carbocycles. The fourth-order valence-electron chi connectivity index (χ4n) is 1.62. The van der Waals surface area contributed by atoms with Gasteiger partial charge in [0.15, 0.2) is 0 Å². The number of ether oxygens (including phenoxy) is 2. The van der Waals surface area contributed by atoms with Gasteiger partial charge in [0.05, 0.1) is 12.5 Å². The molecule has 0 radical (unpaired) electrons. The van der Waals surface area contributed by atoms with Crippen LogP contribution in [0.15, 0.2) is 24.3 Å². The van der Waals surface area contributed by atoms with Crippen LogP contribution in [0.3, 0.4) is 0 Å². The number of esters is 1. The van der Waals surface area contributed by atoms with Crippen molar-refractivity contribution in [3.63, 3.8) is 0 Å². The molecular weight excluding hydrogens is 254 g/mol. The average Bonchev–Trinajstić information content (AvgIpc) is 2.28. The Labute approximate surface area is 121 Å². The van der Waals surface area contributed by atoms with Crippen LogP contribution in [0.25, 0.3) is 0 Å². The van der Waals surface area contributed by atoms with Gasteiger partial charge in [0.1, 0.15) is 11.4 Å². The molecule has 0 saturated carbocycles. The highest BCUT2D eigenvalue weighted by atomic mass is 16.6. The Morgan fingerprint density at radius 1 is 1.20 bits per heavy atom. The van der Waals surface area contributed by atoms with Crippen molar-refractivity contribution in [2.45, 2.75) is 52.7 Å². The van der Waals surface area contributed by atoms with Gasteiger partial charge in [0.25, 0.3) is 0 Å². The molecule has 0 aliphatic rings. The standard InChI is InChI=1S/C16H25NO3/c1-12(2)19-14-8-6-13(7-9-14)17-11-10-15(18)20-16(3,4)5/h6-9,12,17H,10-11H2,1-5H3. The smallest absolute Gasteiger partial charge is 0.308 e. The first-order valence-electron chi connectivity index (χ1n) is 6.99. The Kier molecular flexibility index (Phi) is 5.86. The van der Waals surface area contributed by atoms with Crippen LogP contribution in [0.2, 0.25) is 0 Å². The van der Waals surface area contributed by atoms with Crippen molar-refractivity contribution in [2.24, 2.45) is 0 Å².